The van der Waals surface area contributed by atoms with E-state index in [-0.39, 0.29) is 28.2 Å². The maximum atomic E-state index is 13.2. The summed E-state index contributed by atoms with van der Waals surface area (Å²) < 4.78 is 0. The van der Waals surface area contributed by atoms with Crippen molar-refractivity contribution in [3.63, 3.8) is 0 Å². The molecule has 2 unspecified atom stereocenters. The monoisotopic (exact) mass is 592 g/mol. The van der Waals surface area contributed by atoms with Crippen molar-refractivity contribution in [2.75, 3.05) is 18.5 Å². The molecule has 1 aliphatic rings. The van der Waals surface area contributed by atoms with Crippen molar-refractivity contribution in [2.24, 2.45) is 0 Å². The summed E-state index contributed by atoms with van der Waals surface area (Å²) in [6.45, 7) is -0.360. The first-order valence-corrected chi connectivity index (χ1v) is 13.6. The van der Waals surface area contributed by atoms with Crippen LogP contribution in [-0.2, 0) is 11.2 Å². The molecule has 10 nitrogen and oxygen atoms in total. The molecule has 41 heavy (non-hydrogen) atoms. The third-order valence-electron chi connectivity index (χ3n) is 6.94. The fourth-order valence-electron chi connectivity index (χ4n) is 4.78. The van der Waals surface area contributed by atoms with Crippen molar-refractivity contribution in [3.05, 3.63) is 93.6 Å². The van der Waals surface area contributed by atoms with Gasteiger partial charge in [-0.1, -0.05) is 65.7 Å². The number of carboxylic acid groups (broad SMARTS) is 1. The Labute approximate surface area is 245 Å². The number of nitrogens with zero attached hydrogens (tertiary/aromatic N) is 3. The summed E-state index contributed by atoms with van der Waals surface area (Å²) in [6.07, 6.45) is 3.27. The number of anilines is 2. The molecule has 210 valence electrons. The van der Waals surface area contributed by atoms with Crippen LogP contribution in [0.15, 0.2) is 66.9 Å². The molecule has 1 aliphatic carbocycles. The molecule has 0 fully saturated rings. The Morgan fingerprint density at radius 2 is 1.83 bits per heavy atom. The number of rotatable bonds is 8. The Morgan fingerprint density at radius 3 is 2.63 bits per heavy atom. The second-order valence-corrected chi connectivity index (χ2v) is 10.3. The summed E-state index contributed by atoms with van der Waals surface area (Å²) in [6, 6.07) is 16.3. The number of hydrogen-bond donors (Lipinski definition) is 4. The average Bonchev–Trinajstić information content (AvgIpc) is 3.37. The number of halogens is 2. The second kappa shape index (κ2) is 12.0. The fraction of sp³-hybridized carbons (Fsp3) is 0.207. The molecule has 0 saturated heterocycles. The van der Waals surface area contributed by atoms with Gasteiger partial charge in [0.25, 0.3) is 5.91 Å². The minimum absolute atomic E-state index is 0.0102. The Hall–Kier alpha value is -4.41. The number of fused-ring (bicyclic) bond motifs is 2. The lowest BCUT2D eigenvalue weighted by molar-refractivity contribution is -0.139. The number of carbonyl (C=O) groups excluding carboxylic acids is 2. The van der Waals surface area contributed by atoms with Gasteiger partial charge in [-0.15, -0.1) is 0 Å². The lowest BCUT2D eigenvalue weighted by atomic mass is 10.1. The van der Waals surface area contributed by atoms with E-state index in [2.05, 4.69) is 25.9 Å². The zero-order valence-corrected chi connectivity index (χ0v) is 23.4. The average molecular weight is 593 g/mol. The van der Waals surface area contributed by atoms with E-state index < -0.39 is 23.9 Å². The van der Waals surface area contributed by atoms with Gasteiger partial charge < -0.3 is 26.0 Å². The summed E-state index contributed by atoms with van der Waals surface area (Å²) in [5.74, 6) is -1.81. The minimum atomic E-state index is -1.44. The number of benzene rings is 3. The van der Waals surface area contributed by atoms with E-state index >= 15 is 0 Å². The molecule has 0 aliphatic heterocycles. The zero-order valence-electron chi connectivity index (χ0n) is 21.9. The third-order valence-corrected chi connectivity index (χ3v) is 7.64. The number of aliphatic carboxylic acids is 1. The van der Waals surface area contributed by atoms with Crippen LogP contribution >= 0.6 is 23.2 Å². The number of nitrogens with one attached hydrogen (secondary N) is 3. The molecule has 3 amide bonds. The highest BCUT2D eigenvalue weighted by Gasteiger charge is 2.28. The molecule has 0 saturated carbocycles. The van der Waals surface area contributed by atoms with Crippen LogP contribution in [0.5, 0.6) is 0 Å². The van der Waals surface area contributed by atoms with E-state index in [0.717, 1.165) is 29.3 Å². The van der Waals surface area contributed by atoms with Gasteiger partial charge in [0.15, 0.2) is 0 Å². The molecule has 1 heterocycles. The first-order chi connectivity index (χ1) is 19.7. The standard InChI is InChI=1S/C29H26Cl2N6O4/c1-37(28-32-14-17-7-3-5-9-20(17)35-28)23-13-11-19(30)24(25(23)31)26(38)34-22(27(39)40)15-33-29(41)36-21-12-10-16-6-2-4-8-18(16)21/h2-9,11,13-14,21-22H,10,12,15H2,1H3,(H,34,38)(H,39,40)(H2,33,36,41). The van der Waals surface area contributed by atoms with Crippen LogP contribution in [0.1, 0.15) is 33.9 Å². The quantitative estimate of drug-likeness (QED) is 0.229. The molecular formula is C29H26Cl2N6O4. The van der Waals surface area contributed by atoms with Crippen molar-refractivity contribution in [1.29, 1.82) is 0 Å². The molecule has 2 atom stereocenters. The minimum Gasteiger partial charge on any atom is -0.480 e. The molecule has 0 spiro atoms. The highest BCUT2D eigenvalue weighted by atomic mass is 35.5. The van der Waals surface area contributed by atoms with Gasteiger partial charge in [-0.25, -0.2) is 19.6 Å². The van der Waals surface area contributed by atoms with Gasteiger partial charge >= 0.3 is 12.0 Å². The topological polar surface area (TPSA) is 137 Å². The van der Waals surface area contributed by atoms with Gasteiger partial charge in [-0.2, -0.15) is 0 Å². The van der Waals surface area contributed by atoms with Crippen LogP contribution in [0.3, 0.4) is 0 Å². The van der Waals surface area contributed by atoms with Crippen molar-refractivity contribution < 1.29 is 19.5 Å². The van der Waals surface area contributed by atoms with Gasteiger partial charge in [-0.05, 0) is 42.2 Å². The summed E-state index contributed by atoms with van der Waals surface area (Å²) in [5.41, 5.74) is 3.20. The Kier molecular flexibility index (Phi) is 8.23. The molecule has 4 N–H and O–H groups in total. The Morgan fingerprint density at radius 1 is 1.07 bits per heavy atom. The van der Waals surface area contributed by atoms with Crippen LogP contribution in [0.25, 0.3) is 10.9 Å². The molecule has 0 bridgehead atoms. The lowest BCUT2D eigenvalue weighted by Gasteiger charge is -2.22. The molecule has 1 aromatic heterocycles. The Balaban J connectivity index is 1.28. The predicted molar refractivity (Wildman–Crippen MR) is 157 cm³/mol. The molecule has 0 radical (unpaired) electrons. The number of aromatic nitrogens is 2. The van der Waals surface area contributed by atoms with E-state index in [1.54, 1.807) is 24.2 Å². The largest absolute Gasteiger partial charge is 0.480 e. The van der Waals surface area contributed by atoms with Crippen LogP contribution in [0.2, 0.25) is 10.0 Å². The third kappa shape index (κ3) is 6.03. The number of carboxylic acids is 1. The smallest absolute Gasteiger partial charge is 0.328 e. The van der Waals surface area contributed by atoms with Gasteiger partial charge in [-0.3, -0.25) is 4.79 Å². The van der Waals surface area contributed by atoms with Crippen LogP contribution in [0.4, 0.5) is 16.4 Å². The molecule has 3 aromatic carbocycles. The van der Waals surface area contributed by atoms with E-state index in [1.165, 1.54) is 11.6 Å². The van der Waals surface area contributed by atoms with Crippen molar-refractivity contribution in [3.8, 4) is 0 Å². The molecule has 12 heteroatoms. The van der Waals surface area contributed by atoms with Gasteiger partial charge in [0.05, 0.1) is 39.4 Å². The van der Waals surface area contributed by atoms with Crippen molar-refractivity contribution in [1.82, 2.24) is 25.9 Å². The van der Waals surface area contributed by atoms with E-state index in [4.69, 9.17) is 23.2 Å². The second-order valence-electron chi connectivity index (χ2n) is 9.55. The summed E-state index contributed by atoms with van der Waals surface area (Å²) >= 11 is 13.0. The van der Waals surface area contributed by atoms with E-state index in [1.807, 2.05) is 48.5 Å². The first kappa shape index (κ1) is 28.1. The van der Waals surface area contributed by atoms with E-state index in [9.17, 15) is 19.5 Å². The Bertz CT molecular complexity index is 1650. The van der Waals surface area contributed by atoms with Crippen LogP contribution in [0, 0.1) is 0 Å². The highest BCUT2D eigenvalue weighted by molar-refractivity contribution is 6.41. The van der Waals surface area contributed by atoms with Gasteiger partial charge in [0.2, 0.25) is 5.95 Å². The first-order valence-electron chi connectivity index (χ1n) is 12.8. The number of aryl methyl sites for hydroxylation is 1. The lowest BCUT2D eigenvalue weighted by Crippen LogP contribution is -2.50. The SMILES string of the molecule is CN(c1ncc2ccccc2n1)c1ccc(Cl)c(C(=O)NC(CNC(=O)NC2CCc3ccccc32)C(=O)O)c1Cl. The maximum absolute atomic E-state index is 13.2. The number of urea groups is 1. The number of hydrogen-bond acceptors (Lipinski definition) is 6. The fourth-order valence-corrected chi connectivity index (χ4v) is 5.45. The van der Waals surface area contributed by atoms with Crippen LogP contribution in [-0.4, -0.2) is 52.6 Å². The van der Waals surface area contributed by atoms with Crippen molar-refractivity contribution in [2.45, 2.75) is 24.9 Å². The zero-order chi connectivity index (χ0) is 29.1. The van der Waals surface area contributed by atoms with E-state index in [0.29, 0.717) is 11.6 Å². The molecule has 4 aromatic rings. The normalized spacial score (nSPS) is 14.7. The van der Waals surface area contributed by atoms with Gasteiger partial charge in [0.1, 0.15) is 6.04 Å². The van der Waals surface area contributed by atoms with Crippen LogP contribution < -0.4 is 20.9 Å². The highest BCUT2D eigenvalue weighted by Crippen LogP contribution is 2.36. The van der Waals surface area contributed by atoms with Gasteiger partial charge in [0, 0.05) is 18.6 Å². The summed E-state index contributed by atoms with van der Waals surface area (Å²) in [5, 5.41) is 18.4. The summed E-state index contributed by atoms with van der Waals surface area (Å²) in [7, 11) is 1.69. The molecular weight excluding hydrogens is 567 g/mol. The maximum Gasteiger partial charge on any atom is 0.328 e. The number of amides is 3. The molecule has 5 rings (SSSR count). The summed E-state index contributed by atoms with van der Waals surface area (Å²) in [4.78, 5) is 48.3. The number of para-hydroxylation sites is 1. The number of carbonyl (C=O) groups is 3. The predicted octanol–water partition coefficient (Wildman–Crippen LogP) is 4.87. The van der Waals surface area contributed by atoms with Crippen molar-refractivity contribution >= 4 is 63.6 Å².